The molecule has 27 heavy (non-hydrogen) atoms. The lowest BCUT2D eigenvalue weighted by Gasteiger charge is -2.35. The van der Waals surface area contributed by atoms with E-state index in [0.29, 0.717) is 12.8 Å². The third kappa shape index (κ3) is 5.31. The predicted octanol–water partition coefficient (Wildman–Crippen LogP) is 2.03. The normalized spacial score (nSPS) is 23.5. The fraction of sp³-hybridized carbons (Fsp3) is 0.600. The van der Waals surface area contributed by atoms with Gasteiger partial charge >= 0.3 is 5.97 Å². The first-order chi connectivity index (χ1) is 12.9. The van der Waals surface area contributed by atoms with Gasteiger partial charge in [0.15, 0.2) is 16.4 Å². The first-order valence-electron chi connectivity index (χ1n) is 9.60. The number of amides is 1. The molecule has 1 aromatic rings. The largest absolute Gasteiger partial charge is 0.455 e. The Hall–Kier alpha value is -1.89. The number of carbonyl (C=O) groups excluding carboxylic acids is 2. The molecule has 1 saturated heterocycles. The van der Waals surface area contributed by atoms with Gasteiger partial charge in [0, 0.05) is 6.04 Å². The number of nitrogens with one attached hydrogen (secondary N) is 1. The number of ether oxygens (including phenoxy) is 1. The summed E-state index contributed by atoms with van der Waals surface area (Å²) in [4.78, 5) is 24.9. The molecule has 1 N–H and O–H groups in total. The summed E-state index contributed by atoms with van der Waals surface area (Å²) >= 11 is 0. The fourth-order valence-corrected chi connectivity index (χ4v) is 5.80. The molecule has 3 rings (SSSR count). The van der Waals surface area contributed by atoms with E-state index in [-0.39, 0.29) is 30.1 Å². The van der Waals surface area contributed by atoms with Crippen molar-refractivity contribution in [3.63, 3.8) is 0 Å². The van der Waals surface area contributed by atoms with Gasteiger partial charge in [0.1, 0.15) is 0 Å². The van der Waals surface area contributed by atoms with Gasteiger partial charge in [0.05, 0.1) is 16.9 Å². The van der Waals surface area contributed by atoms with Crippen LogP contribution in [0.25, 0.3) is 0 Å². The third-order valence-corrected chi connectivity index (χ3v) is 7.33. The summed E-state index contributed by atoms with van der Waals surface area (Å²) < 4.78 is 28.3. The number of sulfone groups is 1. The van der Waals surface area contributed by atoms with Gasteiger partial charge in [-0.2, -0.15) is 0 Å². The number of benzene rings is 1. The average Bonchev–Trinajstić information content (AvgIpc) is 2.99. The lowest BCUT2D eigenvalue weighted by molar-refractivity contribution is -0.161. The highest BCUT2D eigenvalue weighted by Gasteiger charge is 2.41. The number of hydrogen-bond donors (Lipinski definition) is 1. The highest BCUT2D eigenvalue weighted by molar-refractivity contribution is 7.91. The molecule has 0 aromatic heterocycles. The zero-order valence-electron chi connectivity index (χ0n) is 15.5. The molecule has 1 aliphatic carbocycles. The van der Waals surface area contributed by atoms with Crippen LogP contribution in [-0.4, -0.2) is 44.4 Å². The SMILES string of the molecule is O=C(COC(=O)C1(Cc2ccccc2)CCCCC1)N[C@H]1CCS(=O)(=O)C1. The smallest absolute Gasteiger partial charge is 0.312 e. The van der Waals surface area contributed by atoms with E-state index >= 15 is 0 Å². The van der Waals surface area contributed by atoms with E-state index in [2.05, 4.69) is 5.32 Å². The second kappa shape index (κ2) is 8.42. The Bertz CT molecular complexity index is 769. The molecule has 1 aliphatic heterocycles. The van der Waals surface area contributed by atoms with Crippen LogP contribution in [0.4, 0.5) is 0 Å². The molecule has 1 saturated carbocycles. The summed E-state index contributed by atoms with van der Waals surface area (Å²) in [5, 5.41) is 2.66. The Balaban J connectivity index is 1.57. The number of esters is 1. The maximum atomic E-state index is 12.9. The minimum absolute atomic E-state index is 0.0371. The van der Waals surface area contributed by atoms with Crippen LogP contribution in [0.2, 0.25) is 0 Å². The number of hydrogen-bond acceptors (Lipinski definition) is 5. The Labute approximate surface area is 160 Å². The van der Waals surface area contributed by atoms with Crippen molar-refractivity contribution < 1.29 is 22.7 Å². The molecule has 0 radical (unpaired) electrons. The van der Waals surface area contributed by atoms with Crippen LogP contribution in [-0.2, 0) is 30.6 Å². The van der Waals surface area contributed by atoms with Crippen LogP contribution in [0, 0.1) is 5.41 Å². The Morgan fingerprint density at radius 2 is 1.81 bits per heavy atom. The highest BCUT2D eigenvalue weighted by atomic mass is 32.2. The summed E-state index contributed by atoms with van der Waals surface area (Å²) in [6, 6.07) is 9.51. The van der Waals surface area contributed by atoms with Crippen LogP contribution in [0.15, 0.2) is 30.3 Å². The Morgan fingerprint density at radius 3 is 2.44 bits per heavy atom. The molecule has 0 unspecified atom stereocenters. The summed E-state index contributed by atoms with van der Waals surface area (Å²) in [5.74, 6) is -0.695. The van der Waals surface area contributed by atoms with Crippen molar-refractivity contribution in [1.82, 2.24) is 5.32 Å². The summed E-state index contributed by atoms with van der Waals surface area (Å²) in [6.07, 6.45) is 5.64. The lowest BCUT2D eigenvalue weighted by atomic mass is 9.70. The van der Waals surface area contributed by atoms with Crippen molar-refractivity contribution in [1.29, 1.82) is 0 Å². The lowest BCUT2D eigenvalue weighted by Crippen LogP contribution is -2.41. The van der Waals surface area contributed by atoms with Gasteiger partial charge < -0.3 is 10.1 Å². The second-order valence-electron chi connectivity index (χ2n) is 7.75. The van der Waals surface area contributed by atoms with Crippen LogP contribution in [0.1, 0.15) is 44.1 Å². The van der Waals surface area contributed by atoms with Crippen molar-refractivity contribution >= 4 is 21.7 Å². The van der Waals surface area contributed by atoms with Crippen LogP contribution >= 0.6 is 0 Å². The Kier molecular flexibility index (Phi) is 6.19. The minimum atomic E-state index is -3.06. The molecule has 0 bridgehead atoms. The molecule has 2 aliphatic rings. The van der Waals surface area contributed by atoms with Gasteiger partial charge in [0.2, 0.25) is 0 Å². The fourth-order valence-electron chi connectivity index (χ4n) is 4.13. The average molecular weight is 394 g/mol. The molecule has 2 fully saturated rings. The van der Waals surface area contributed by atoms with Crippen LogP contribution in [0.5, 0.6) is 0 Å². The third-order valence-electron chi connectivity index (χ3n) is 5.56. The molecular weight excluding hydrogens is 366 g/mol. The molecule has 148 valence electrons. The van der Waals surface area contributed by atoms with Gasteiger partial charge in [-0.25, -0.2) is 8.42 Å². The van der Waals surface area contributed by atoms with Crippen molar-refractivity contribution in [3.8, 4) is 0 Å². The first-order valence-corrected chi connectivity index (χ1v) is 11.4. The van der Waals surface area contributed by atoms with Crippen molar-refractivity contribution in [2.45, 2.75) is 51.0 Å². The van der Waals surface area contributed by atoms with Crippen molar-refractivity contribution in [2.75, 3.05) is 18.1 Å². The van der Waals surface area contributed by atoms with E-state index in [4.69, 9.17) is 4.74 Å². The highest BCUT2D eigenvalue weighted by Crippen LogP contribution is 2.40. The molecule has 1 atom stereocenters. The van der Waals surface area contributed by atoms with E-state index in [1.54, 1.807) is 0 Å². The van der Waals surface area contributed by atoms with Gasteiger partial charge in [-0.3, -0.25) is 9.59 Å². The van der Waals surface area contributed by atoms with E-state index in [0.717, 1.165) is 37.7 Å². The summed E-state index contributed by atoms with van der Waals surface area (Å²) in [5.41, 5.74) is 0.522. The van der Waals surface area contributed by atoms with Crippen LogP contribution < -0.4 is 5.32 Å². The molecule has 1 heterocycles. The van der Waals surface area contributed by atoms with E-state index in [1.807, 2.05) is 30.3 Å². The van der Waals surface area contributed by atoms with Crippen molar-refractivity contribution in [3.05, 3.63) is 35.9 Å². The maximum absolute atomic E-state index is 12.9. The quantitative estimate of drug-likeness (QED) is 0.747. The first kappa shape index (κ1) is 19.9. The molecule has 0 spiro atoms. The van der Waals surface area contributed by atoms with E-state index in [1.165, 1.54) is 0 Å². The number of carbonyl (C=O) groups is 2. The monoisotopic (exact) mass is 393 g/mol. The molecular formula is C20H27NO5S. The van der Waals surface area contributed by atoms with Gasteiger partial charge in [-0.15, -0.1) is 0 Å². The van der Waals surface area contributed by atoms with Gasteiger partial charge in [-0.1, -0.05) is 49.6 Å². The molecule has 1 aromatic carbocycles. The molecule has 6 nitrogen and oxygen atoms in total. The molecule has 1 amide bonds. The van der Waals surface area contributed by atoms with Gasteiger partial charge in [0.25, 0.3) is 5.91 Å². The van der Waals surface area contributed by atoms with E-state index < -0.39 is 21.2 Å². The minimum Gasteiger partial charge on any atom is -0.455 e. The maximum Gasteiger partial charge on any atom is 0.312 e. The Morgan fingerprint density at radius 1 is 1.11 bits per heavy atom. The van der Waals surface area contributed by atoms with Crippen LogP contribution in [0.3, 0.4) is 0 Å². The zero-order chi connectivity index (χ0) is 19.3. The number of rotatable bonds is 6. The second-order valence-corrected chi connectivity index (χ2v) is 9.98. The summed E-state index contributed by atoms with van der Waals surface area (Å²) in [7, 11) is -3.06. The standard InChI is InChI=1S/C20H27NO5S/c22-18(21-17-9-12-27(24,25)15-17)14-26-19(23)20(10-5-2-6-11-20)13-16-7-3-1-4-8-16/h1,3-4,7-8,17H,2,5-6,9-15H2,(H,21,22)/t17-/m0/s1. The summed E-state index contributed by atoms with van der Waals surface area (Å²) in [6.45, 7) is -0.355. The molecule has 7 heteroatoms. The van der Waals surface area contributed by atoms with E-state index in [9.17, 15) is 18.0 Å². The van der Waals surface area contributed by atoms with Gasteiger partial charge in [-0.05, 0) is 31.2 Å². The topological polar surface area (TPSA) is 89.5 Å². The predicted molar refractivity (Wildman–Crippen MR) is 102 cm³/mol. The van der Waals surface area contributed by atoms with Crippen molar-refractivity contribution in [2.24, 2.45) is 5.41 Å². The zero-order valence-corrected chi connectivity index (χ0v) is 16.3.